The van der Waals surface area contributed by atoms with E-state index < -0.39 is 8.40 Å². The van der Waals surface area contributed by atoms with Crippen LogP contribution in [0, 0.1) is 0 Å². The molecule has 1 unspecified atom stereocenters. The van der Waals surface area contributed by atoms with Crippen LogP contribution < -0.4 is 0 Å². The molecule has 0 aliphatic heterocycles. The van der Waals surface area contributed by atoms with Crippen LogP contribution in [-0.4, -0.2) is 44.7 Å². The van der Waals surface area contributed by atoms with Crippen molar-refractivity contribution in [3.05, 3.63) is 0 Å². The Morgan fingerprint density at radius 2 is 1.33 bits per heavy atom. The Hall–Kier alpha value is 0.137. The van der Waals surface area contributed by atoms with Gasteiger partial charge in [-0.2, -0.15) is 0 Å². The van der Waals surface area contributed by atoms with Crippen LogP contribution >= 0.6 is 0 Å². The molecule has 2 nitrogen and oxygen atoms in total. The standard InChI is InChI=1S/C12H30N2Si/c1-9-14(10-2)15(11-3,13(7)8)12(4,5)6/h9-11H2,1-8H3. The summed E-state index contributed by atoms with van der Waals surface area (Å²) in [6, 6.07) is 1.30. The van der Waals surface area contributed by atoms with Crippen LogP contribution in [0.5, 0.6) is 0 Å². The van der Waals surface area contributed by atoms with Gasteiger partial charge in [-0.25, -0.2) is 0 Å². The maximum absolute atomic E-state index is 2.72. The maximum Gasteiger partial charge on any atom is 0.211 e. The Morgan fingerprint density at radius 3 is 1.40 bits per heavy atom. The highest BCUT2D eigenvalue weighted by Crippen LogP contribution is 2.41. The van der Waals surface area contributed by atoms with E-state index in [0.717, 1.165) is 0 Å². The molecule has 1 atom stereocenters. The van der Waals surface area contributed by atoms with Gasteiger partial charge < -0.3 is 9.13 Å². The van der Waals surface area contributed by atoms with E-state index in [1.165, 1.54) is 19.1 Å². The van der Waals surface area contributed by atoms with Crippen molar-refractivity contribution in [3.63, 3.8) is 0 Å². The van der Waals surface area contributed by atoms with Gasteiger partial charge in [-0.3, -0.25) is 0 Å². The molecule has 0 amide bonds. The topological polar surface area (TPSA) is 6.48 Å². The van der Waals surface area contributed by atoms with Gasteiger partial charge in [0.15, 0.2) is 0 Å². The van der Waals surface area contributed by atoms with Crippen molar-refractivity contribution in [2.45, 2.75) is 52.6 Å². The minimum absolute atomic E-state index is 0.400. The largest absolute Gasteiger partial charge is 0.317 e. The molecule has 0 saturated carbocycles. The van der Waals surface area contributed by atoms with Gasteiger partial charge in [-0.1, -0.05) is 41.5 Å². The van der Waals surface area contributed by atoms with Gasteiger partial charge in [-0.05, 0) is 38.3 Å². The second-order valence-corrected chi connectivity index (χ2v) is 10.9. The van der Waals surface area contributed by atoms with Crippen LogP contribution in [0.3, 0.4) is 0 Å². The van der Waals surface area contributed by atoms with Crippen LogP contribution in [0.1, 0.15) is 41.5 Å². The lowest BCUT2D eigenvalue weighted by Crippen LogP contribution is -2.67. The van der Waals surface area contributed by atoms with Crippen LogP contribution in [0.15, 0.2) is 0 Å². The van der Waals surface area contributed by atoms with Crippen molar-refractivity contribution in [1.82, 2.24) is 9.13 Å². The fraction of sp³-hybridized carbons (Fsp3) is 1.00. The van der Waals surface area contributed by atoms with E-state index in [-0.39, 0.29) is 0 Å². The molecule has 0 bridgehead atoms. The first-order valence-corrected chi connectivity index (χ1v) is 8.30. The predicted molar refractivity (Wildman–Crippen MR) is 72.6 cm³/mol. The van der Waals surface area contributed by atoms with Crippen molar-refractivity contribution in [1.29, 1.82) is 0 Å². The first-order chi connectivity index (χ1) is 6.77. The van der Waals surface area contributed by atoms with Crippen molar-refractivity contribution < 1.29 is 0 Å². The van der Waals surface area contributed by atoms with E-state index in [0.29, 0.717) is 5.04 Å². The summed E-state index contributed by atoms with van der Waals surface area (Å²) in [5.74, 6) is 0. The number of hydrogen-bond donors (Lipinski definition) is 0. The molecule has 0 radical (unpaired) electrons. The highest BCUT2D eigenvalue weighted by atomic mass is 28.4. The summed E-state index contributed by atoms with van der Waals surface area (Å²) in [6.45, 7) is 16.5. The normalized spacial score (nSPS) is 17.2. The monoisotopic (exact) mass is 230 g/mol. The summed E-state index contributed by atoms with van der Waals surface area (Å²) in [6.07, 6.45) is 0. The van der Waals surface area contributed by atoms with Gasteiger partial charge in [0.1, 0.15) is 0 Å². The zero-order chi connectivity index (χ0) is 12.3. The van der Waals surface area contributed by atoms with Crippen molar-refractivity contribution in [2.75, 3.05) is 27.2 Å². The molecule has 92 valence electrons. The van der Waals surface area contributed by atoms with Crippen LogP contribution in [0.4, 0.5) is 0 Å². The summed E-state index contributed by atoms with van der Waals surface area (Å²) in [5.41, 5.74) is 0. The number of nitrogens with zero attached hydrogens (tertiary/aromatic N) is 2. The lowest BCUT2D eigenvalue weighted by molar-refractivity contribution is 0.359. The zero-order valence-corrected chi connectivity index (χ0v) is 13.0. The van der Waals surface area contributed by atoms with E-state index in [4.69, 9.17) is 0 Å². The molecule has 0 aromatic heterocycles. The van der Waals surface area contributed by atoms with E-state index in [9.17, 15) is 0 Å². The van der Waals surface area contributed by atoms with Gasteiger partial charge in [0.2, 0.25) is 8.40 Å². The molecule has 0 spiro atoms. The summed E-state index contributed by atoms with van der Waals surface area (Å²) in [5, 5.41) is 0.400. The van der Waals surface area contributed by atoms with Crippen LogP contribution in [0.2, 0.25) is 11.1 Å². The molecule has 0 heterocycles. The molecule has 0 aromatic rings. The average Bonchev–Trinajstić information content (AvgIpc) is 2.10. The third-order valence-electron chi connectivity index (χ3n) is 3.72. The minimum atomic E-state index is -1.51. The lowest BCUT2D eigenvalue weighted by atomic mass is 10.2. The van der Waals surface area contributed by atoms with E-state index >= 15 is 0 Å². The van der Waals surface area contributed by atoms with Crippen LogP contribution in [0.25, 0.3) is 0 Å². The Bertz CT molecular complexity index is 183. The van der Waals surface area contributed by atoms with Crippen molar-refractivity contribution in [2.24, 2.45) is 0 Å². The molecular formula is C12H30N2Si. The van der Waals surface area contributed by atoms with Crippen LogP contribution in [-0.2, 0) is 0 Å². The fourth-order valence-corrected chi connectivity index (χ4v) is 9.29. The van der Waals surface area contributed by atoms with Gasteiger partial charge in [-0.15, -0.1) is 0 Å². The maximum atomic E-state index is 2.72. The van der Waals surface area contributed by atoms with Gasteiger partial charge in [0, 0.05) is 0 Å². The summed E-state index contributed by atoms with van der Waals surface area (Å²) in [7, 11) is 3.02. The molecule has 0 aromatic carbocycles. The van der Waals surface area contributed by atoms with Crippen molar-refractivity contribution in [3.8, 4) is 0 Å². The molecule has 3 heteroatoms. The molecule has 0 aliphatic rings. The summed E-state index contributed by atoms with van der Waals surface area (Å²) >= 11 is 0. The SMILES string of the molecule is CCN(CC)[Si](CC)(N(C)C)C(C)(C)C. The molecule has 15 heavy (non-hydrogen) atoms. The predicted octanol–water partition coefficient (Wildman–Crippen LogP) is 3.15. The first kappa shape index (κ1) is 15.1. The number of rotatable bonds is 5. The molecule has 0 fully saturated rings. The third-order valence-corrected chi connectivity index (χ3v) is 10.3. The molecule has 0 N–H and O–H groups in total. The average molecular weight is 230 g/mol. The molecule has 0 rings (SSSR count). The second kappa shape index (κ2) is 5.46. The smallest absolute Gasteiger partial charge is 0.211 e. The first-order valence-electron chi connectivity index (χ1n) is 6.20. The molecular weight excluding hydrogens is 200 g/mol. The highest BCUT2D eigenvalue weighted by Gasteiger charge is 2.49. The Balaban J connectivity index is 5.33. The second-order valence-electron chi connectivity index (χ2n) is 5.49. The Labute approximate surface area is 97.8 Å². The van der Waals surface area contributed by atoms with E-state index in [1.807, 2.05) is 0 Å². The van der Waals surface area contributed by atoms with Crippen molar-refractivity contribution >= 4 is 8.40 Å². The Kier molecular flexibility index (Phi) is 5.51. The number of hydrogen-bond acceptors (Lipinski definition) is 2. The zero-order valence-electron chi connectivity index (χ0n) is 12.0. The lowest BCUT2D eigenvalue weighted by Gasteiger charge is -2.53. The third kappa shape index (κ3) is 2.63. The Morgan fingerprint density at radius 1 is 0.933 bits per heavy atom. The van der Waals surface area contributed by atoms with E-state index in [2.05, 4.69) is 64.8 Å². The summed E-state index contributed by atoms with van der Waals surface area (Å²) in [4.78, 5) is 0. The fourth-order valence-electron chi connectivity index (χ4n) is 3.24. The van der Waals surface area contributed by atoms with Gasteiger partial charge in [0.05, 0.1) is 0 Å². The quantitative estimate of drug-likeness (QED) is 0.670. The summed E-state index contributed by atoms with van der Waals surface area (Å²) < 4.78 is 5.24. The van der Waals surface area contributed by atoms with Gasteiger partial charge in [0.25, 0.3) is 0 Å². The molecule has 0 aliphatic carbocycles. The van der Waals surface area contributed by atoms with Gasteiger partial charge >= 0.3 is 0 Å². The molecule has 0 saturated heterocycles. The minimum Gasteiger partial charge on any atom is -0.317 e. The highest BCUT2D eigenvalue weighted by molar-refractivity contribution is 6.77. The van der Waals surface area contributed by atoms with E-state index in [1.54, 1.807) is 0 Å².